The molecule has 0 bridgehead atoms. The van der Waals surface area contributed by atoms with E-state index in [4.69, 9.17) is 0 Å². The summed E-state index contributed by atoms with van der Waals surface area (Å²) in [5, 5.41) is 12.7. The zero-order valence-corrected chi connectivity index (χ0v) is 15.0. The highest BCUT2D eigenvalue weighted by atomic mass is 16.2. The molecule has 0 spiro atoms. The number of aryl methyl sites for hydroxylation is 2. The lowest BCUT2D eigenvalue weighted by atomic mass is 10.1. The number of carbonyl (C=O) groups excluding carboxylic acids is 2. The molecule has 0 fully saturated rings. The van der Waals surface area contributed by atoms with Gasteiger partial charge in [-0.2, -0.15) is 24.9 Å². The first-order valence-corrected chi connectivity index (χ1v) is 8.36. The molecule has 136 valence electrons. The van der Waals surface area contributed by atoms with Crippen LogP contribution < -0.4 is 5.32 Å². The van der Waals surface area contributed by atoms with E-state index in [9.17, 15) is 9.59 Å². The highest BCUT2D eigenvalue weighted by molar-refractivity contribution is 6.24. The first kappa shape index (κ1) is 16.8. The molecule has 9 heteroatoms. The molecular formula is C18H17N7O2. The third-order valence-electron chi connectivity index (χ3n) is 4.27. The van der Waals surface area contributed by atoms with Gasteiger partial charge in [-0.1, -0.05) is 17.7 Å². The Kier molecular flexibility index (Phi) is 3.91. The van der Waals surface area contributed by atoms with Crippen molar-refractivity contribution < 1.29 is 9.59 Å². The van der Waals surface area contributed by atoms with Gasteiger partial charge in [0, 0.05) is 24.9 Å². The van der Waals surface area contributed by atoms with Gasteiger partial charge in [-0.25, -0.2) is 0 Å². The molecule has 1 atom stereocenters. The summed E-state index contributed by atoms with van der Waals surface area (Å²) in [6, 6.07) is 8.91. The molecule has 0 saturated heterocycles. The number of hydrogen-bond acceptors (Lipinski definition) is 6. The van der Waals surface area contributed by atoms with Crippen molar-refractivity contribution in [1.29, 1.82) is 0 Å². The van der Waals surface area contributed by atoms with Crippen LogP contribution in [0.15, 0.2) is 45.4 Å². The largest absolute Gasteiger partial charge is 0.306 e. The van der Waals surface area contributed by atoms with Crippen LogP contribution in [-0.2, 0) is 4.79 Å². The van der Waals surface area contributed by atoms with Gasteiger partial charge in [-0.3, -0.25) is 14.6 Å². The van der Waals surface area contributed by atoms with Crippen molar-refractivity contribution in [1.82, 2.24) is 14.8 Å². The van der Waals surface area contributed by atoms with Crippen LogP contribution in [0.3, 0.4) is 0 Å². The Balaban J connectivity index is 1.66. The number of amides is 2. The summed E-state index contributed by atoms with van der Waals surface area (Å²) >= 11 is 0. The van der Waals surface area contributed by atoms with E-state index in [1.807, 2.05) is 19.1 Å². The van der Waals surface area contributed by atoms with Gasteiger partial charge in [0.15, 0.2) is 0 Å². The Morgan fingerprint density at radius 1 is 1.15 bits per heavy atom. The van der Waals surface area contributed by atoms with Crippen LogP contribution in [-0.4, -0.2) is 51.7 Å². The molecule has 3 heterocycles. The summed E-state index contributed by atoms with van der Waals surface area (Å²) in [4.78, 5) is 33.3. The van der Waals surface area contributed by atoms with Crippen molar-refractivity contribution in [3.63, 3.8) is 0 Å². The Morgan fingerprint density at radius 3 is 2.63 bits per heavy atom. The number of nitrogens with zero attached hydrogens (tertiary/aromatic N) is 6. The van der Waals surface area contributed by atoms with Gasteiger partial charge in [0.05, 0.1) is 5.69 Å². The fourth-order valence-electron chi connectivity index (χ4n) is 2.83. The molecule has 0 saturated carbocycles. The van der Waals surface area contributed by atoms with Gasteiger partial charge in [0.1, 0.15) is 17.6 Å². The van der Waals surface area contributed by atoms with Crippen molar-refractivity contribution in [2.45, 2.75) is 13.8 Å². The van der Waals surface area contributed by atoms with Crippen molar-refractivity contribution in [2.24, 2.45) is 21.0 Å². The second-order valence-corrected chi connectivity index (χ2v) is 6.39. The van der Waals surface area contributed by atoms with E-state index in [-0.39, 0.29) is 17.8 Å². The molecule has 27 heavy (non-hydrogen) atoms. The average Bonchev–Trinajstić information content (AvgIpc) is 3.18. The fraction of sp³-hybridized carbons (Fsp3) is 0.222. The molecule has 1 unspecified atom stereocenters. The lowest BCUT2D eigenvalue weighted by Crippen LogP contribution is -2.35. The van der Waals surface area contributed by atoms with Crippen molar-refractivity contribution in [3.8, 4) is 0 Å². The van der Waals surface area contributed by atoms with Crippen LogP contribution in [0, 0.1) is 19.8 Å². The van der Waals surface area contributed by atoms with Gasteiger partial charge < -0.3 is 5.32 Å². The number of hydrogen-bond donors (Lipinski definition) is 1. The van der Waals surface area contributed by atoms with E-state index in [2.05, 4.69) is 25.5 Å². The van der Waals surface area contributed by atoms with Crippen molar-refractivity contribution >= 4 is 35.6 Å². The number of carbonyl (C=O) groups is 2. The molecule has 4 rings (SSSR count). The minimum atomic E-state index is -0.569. The van der Waals surface area contributed by atoms with Crippen LogP contribution in [0.5, 0.6) is 0 Å². The number of hydrazone groups is 1. The van der Waals surface area contributed by atoms with Crippen molar-refractivity contribution in [3.05, 3.63) is 47.2 Å². The minimum Gasteiger partial charge on any atom is -0.306 e. The zero-order chi connectivity index (χ0) is 19.1. The monoisotopic (exact) mass is 363 g/mol. The number of amidine groups is 1. The topological polar surface area (TPSA) is 104 Å². The zero-order valence-electron chi connectivity index (χ0n) is 15.0. The number of aromatic nitrogens is 2. The maximum absolute atomic E-state index is 12.5. The molecular weight excluding hydrogens is 346 g/mol. The van der Waals surface area contributed by atoms with Gasteiger partial charge >= 0.3 is 0 Å². The van der Waals surface area contributed by atoms with Crippen molar-refractivity contribution in [2.75, 3.05) is 12.4 Å². The first-order valence-electron chi connectivity index (χ1n) is 8.36. The lowest BCUT2D eigenvalue weighted by molar-refractivity contribution is -0.118. The molecule has 1 aromatic heterocycles. The predicted octanol–water partition coefficient (Wildman–Crippen LogP) is 1.44. The number of benzene rings is 1. The number of rotatable bonds is 2. The third-order valence-corrected chi connectivity index (χ3v) is 4.27. The molecule has 0 aliphatic carbocycles. The van der Waals surface area contributed by atoms with Crippen LogP contribution in [0.2, 0.25) is 0 Å². The van der Waals surface area contributed by atoms with E-state index >= 15 is 0 Å². The summed E-state index contributed by atoms with van der Waals surface area (Å²) in [5.41, 5.74) is 2.24. The normalized spacial score (nSPS) is 18.3. The second kappa shape index (κ2) is 6.27. The van der Waals surface area contributed by atoms with Gasteiger partial charge in [0.2, 0.25) is 0 Å². The van der Waals surface area contributed by atoms with Crippen LogP contribution in [0.4, 0.5) is 5.82 Å². The molecule has 2 aromatic rings. The van der Waals surface area contributed by atoms with E-state index in [0.717, 1.165) is 5.56 Å². The maximum atomic E-state index is 12.5. The van der Waals surface area contributed by atoms with Gasteiger partial charge in [-0.15, -0.1) is 0 Å². The minimum absolute atomic E-state index is 0.0934. The summed E-state index contributed by atoms with van der Waals surface area (Å²) < 4.78 is 1.36. The molecule has 2 aliphatic heterocycles. The molecule has 2 amide bonds. The van der Waals surface area contributed by atoms with Gasteiger partial charge in [0.25, 0.3) is 17.8 Å². The van der Waals surface area contributed by atoms with E-state index in [0.29, 0.717) is 22.9 Å². The van der Waals surface area contributed by atoms with E-state index in [1.54, 1.807) is 32.2 Å². The SMILES string of the molecule is Cc1ccc(C(=O)Nc2cc(C)nn2C2=NC(=O)C3C=NN(C)C3=N2)cc1. The van der Waals surface area contributed by atoms with Gasteiger partial charge in [-0.05, 0) is 26.0 Å². The Morgan fingerprint density at radius 2 is 1.89 bits per heavy atom. The standard InChI is InChI=1S/C18H17N7O2/c1-10-4-6-12(7-5-10)16(26)20-14-8-11(2)23-25(14)18-21-15-13(17(27)22-18)9-19-24(15)3/h4-9,13H,1-3H3,(H,20,26). The number of aliphatic imine (C=N–C) groups is 2. The van der Waals surface area contributed by atoms with Crippen LogP contribution in [0.1, 0.15) is 21.6 Å². The maximum Gasteiger partial charge on any atom is 0.265 e. The number of fused-ring (bicyclic) bond motifs is 1. The predicted molar refractivity (Wildman–Crippen MR) is 101 cm³/mol. The van der Waals surface area contributed by atoms with E-state index < -0.39 is 5.92 Å². The third kappa shape index (κ3) is 3.03. The summed E-state index contributed by atoms with van der Waals surface area (Å²) in [5.74, 6) is -0.266. The summed E-state index contributed by atoms with van der Waals surface area (Å²) in [6.07, 6.45) is 1.51. The summed E-state index contributed by atoms with van der Waals surface area (Å²) in [7, 11) is 1.71. The van der Waals surface area contributed by atoms with E-state index in [1.165, 1.54) is 15.9 Å². The Bertz CT molecular complexity index is 1030. The molecule has 1 aromatic carbocycles. The molecule has 9 nitrogen and oxygen atoms in total. The average molecular weight is 363 g/mol. The smallest absolute Gasteiger partial charge is 0.265 e. The Labute approximate surface area is 155 Å². The fourth-order valence-corrected chi connectivity index (χ4v) is 2.83. The molecule has 2 aliphatic rings. The second-order valence-electron chi connectivity index (χ2n) is 6.39. The Hall–Kier alpha value is -3.62. The first-order chi connectivity index (χ1) is 12.9. The number of nitrogens with one attached hydrogen (secondary N) is 1. The van der Waals surface area contributed by atoms with Crippen LogP contribution >= 0.6 is 0 Å². The summed E-state index contributed by atoms with van der Waals surface area (Å²) in [6.45, 7) is 3.73. The highest BCUT2D eigenvalue weighted by Crippen LogP contribution is 2.19. The lowest BCUT2D eigenvalue weighted by Gasteiger charge is -2.17. The van der Waals surface area contributed by atoms with Crippen LogP contribution in [0.25, 0.3) is 0 Å². The molecule has 1 N–H and O–H groups in total. The number of anilines is 1. The highest BCUT2D eigenvalue weighted by Gasteiger charge is 2.35. The molecule has 0 radical (unpaired) electrons. The quantitative estimate of drug-likeness (QED) is 0.872.